The van der Waals surface area contributed by atoms with Crippen LogP contribution in [0.5, 0.6) is 0 Å². The molecular weight excluding hydrogens is 348 g/mol. The Bertz CT molecular complexity index is 599. The van der Waals surface area contributed by atoms with Gasteiger partial charge in [-0.3, -0.25) is 0 Å². The largest absolute Gasteiger partial charge is 0.313 e. The van der Waals surface area contributed by atoms with Crippen LogP contribution in [0, 0.1) is 11.6 Å². The summed E-state index contributed by atoms with van der Waals surface area (Å²) in [6.45, 7) is 0. The highest BCUT2D eigenvalue weighted by molar-refractivity contribution is 9.10. The fraction of sp³-hybridized carbons (Fsp3) is 0.200. The van der Waals surface area contributed by atoms with Crippen LogP contribution in [0.15, 0.2) is 40.9 Å². The maximum atomic E-state index is 14.0. The van der Waals surface area contributed by atoms with E-state index in [1.54, 1.807) is 31.3 Å². The van der Waals surface area contributed by atoms with Crippen molar-refractivity contribution < 1.29 is 8.78 Å². The third kappa shape index (κ3) is 3.19. The minimum Gasteiger partial charge on any atom is -0.313 e. The molecule has 20 heavy (non-hydrogen) atoms. The van der Waals surface area contributed by atoms with Gasteiger partial charge in [0.05, 0.1) is 5.02 Å². The van der Waals surface area contributed by atoms with E-state index in [-0.39, 0.29) is 16.9 Å². The molecule has 2 aromatic rings. The molecule has 0 radical (unpaired) electrons. The summed E-state index contributed by atoms with van der Waals surface area (Å²) in [6, 6.07) is 9.15. The Morgan fingerprint density at radius 3 is 2.45 bits per heavy atom. The topological polar surface area (TPSA) is 12.0 Å². The van der Waals surface area contributed by atoms with Gasteiger partial charge in [-0.15, -0.1) is 0 Å². The average Bonchev–Trinajstić information content (AvgIpc) is 2.42. The van der Waals surface area contributed by atoms with E-state index in [4.69, 9.17) is 11.6 Å². The summed E-state index contributed by atoms with van der Waals surface area (Å²) in [6.07, 6.45) is 0.395. The molecule has 0 amide bonds. The van der Waals surface area contributed by atoms with E-state index in [1.165, 1.54) is 12.1 Å². The van der Waals surface area contributed by atoms with E-state index in [9.17, 15) is 8.78 Å². The summed E-state index contributed by atoms with van der Waals surface area (Å²) in [4.78, 5) is 0. The third-order valence-corrected chi connectivity index (χ3v) is 4.27. The molecule has 0 aliphatic heterocycles. The maximum Gasteiger partial charge on any atom is 0.142 e. The molecule has 0 aliphatic carbocycles. The molecule has 0 spiro atoms. The monoisotopic (exact) mass is 359 g/mol. The van der Waals surface area contributed by atoms with E-state index < -0.39 is 5.82 Å². The van der Waals surface area contributed by atoms with Crippen LogP contribution in [-0.4, -0.2) is 7.05 Å². The zero-order chi connectivity index (χ0) is 14.7. The fourth-order valence-electron chi connectivity index (χ4n) is 2.12. The quantitative estimate of drug-likeness (QED) is 0.819. The van der Waals surface area contributed by atoms with Crippen LogP contribution in [0.3, 0.4) is 0 Å². The number of rotatable bonds is 4. The van der Waals surface area contributed by atoms with Crippen molar-refractivity contribution in [1.82, 2.24) is 5.32 Å². The minimum atomic E-state index is -0.466. The molecule has 2 aromatic carbocycles. The van der Waals surface area contributed by atoms with Crippen molar-refractivity contribution in [1.29, 1.82) is 0 Å². The first-order valence-corrected chi connectivity index (χ1v) is 7.25. The van der Waals surface area contributed by atoms with Gasteiger partial charge in [0.1, 0.15) is 11.6 Å². The number of hydrogen-bond acceptors (Lipinski definition) is 1. The lowest BCUT2D eigenvalue weighted by Crippen LogP contribution is -2.21. The van der Waals surface area contributed by atoms with E-state index in [2.05, 4.69) is 21.2 Å². The van der Waals surface area contributed by atoms with Gasteiger partial charge in [-0.05, 0) is 37.2 Å². The van der Waals surface area contributed by atoms with Crippen molar-refractivity contribution in [3.05, 3.63) is 68.7 Å². The van der Waals surface area contributed by atoms with Gasteiger partial charge in [0.15, 0.2) is 0 Å². The first kappa shape index (κ1) is 15.4. The van der Waals surface area contributed by atoms with Crippen molar-refractivity contribution in [3.63, 3.8) is 0 Å². The maximum absolute atomic E-state index is 14.0. The number of nitrogens with one attached hydrogen (secondary N) is 1. The molecule has 0 bridgehead atoms. The van der Waals surface area contributed by atoms with Crippen LogP contribution in [0.25, 0.3) is 0 Å². The van der Waals surface area contributed by atoms with Crippen molar-refractivity contribution in [3.8, 4) is 0 Å². The number of hydrogen-bond donors (Lipinski definition) is 1. The molecule has 0 fully saturated rings. The summed E-state index contributed by atoms with van der Waals surface area (Å²) in [7, 11) is 1.73. The molecule has 2 rings (SSSR count). The second-order valence-corrected chi connectivity index (χ2v) is 5.63. The molecule has 1 nitrogen and oxygen atoms in total. The normalized spacial score (nSPS) is 12.4. The van der Waals surface area contributed by atoms with Crippen LogP contribution in [0.1, 0.15) is 17.2 Å². The zero-order valence-corrected chi connectivity index (χ0v) is 13.1. The predicted octanol–water partition coefficient (Wildman–Crippen LogP) is 4.88. The van der Waals surface area contributed by atoms with Crippen molar-refractivity contribution in [2.75, 3.05) is 7.05 Å². The van der Waals surface area contributed by atoms with Gasteiger partial charge in [-0.1, -0.05) is 45.7 Å². The van der Waals surface area contributed by atoms with Crippen LogP contribution in [0.2, 0.25) is 5.02 Å². The Kier molecular flexibility index (Phi) is 5.13. The highest BCUT2D eigenvalue weighted by Gasteiger charge is 2.19. The Hall–Kier alpha value is -0.970. The molecule has 0 saturated carbocycles. The third-order valence-electron chi connectivity index (χ3n) is 3.15. The van der Waals surface area contributed by atoms with Crippen molar-refractivity contribution >= 4 is 27.5 Å². The molecule has 0 aromatic heterocycles. The summed E-state index contributed by atoms with van der Waals surface area (Å²) >= 11 is 9.30. The van der Waals surface area contributed by atoms with Gasteiger partial charge in [-0.2, -0.15) is 0 Å². The summed E-state index contributed by atoms with van der Waals surface area (Å²) in [5.41, 5.74) is 1.15. The molecule has 1 unspecified atom stereocenters. The highest BCUT2D eigenvalue weighted by Crippen LogP contribution is 2.30. The molecule has 0 heterocycles. The lowest BCUT2D eigenvalue weighted by molar-refractivity contribution is 0.530. The molecule has 1 N–H and O–H groups in total. The first-order chi connectivity index (χ1) is 9.54. The van der Waals surface area contributed by atoms with E-state index in [0.29, 0.717) is 22.0 Å². The molecule has 106 valence electrons. The van der Waals surface area contributed by atoms with Crippen LogP contribution < -0.4 is 5.32 Å². The SMILES string of the molecule is CNC(Cc1cccc(F)c1Cl)c1c(F)cccc1Br. The Morgan fingerprint density at radius 1 is 1.15 bits per heavy atom. The lowest BCUT2D eigenvalue weighted by Gasteiger charge is -2.19. The summed E-state index contributed by atoms with van der Waals surface area (Å²) < 4.78 is 28.1. The molecular formula is C15H13BrClF2N. The van der Waals surface area contributed by atoms with Gasteiger partial charge in [0, 0.05) is 16.1 Å². The van der Waals surface area contributed by atoms with Gasteiger partial charge in [0.25, 0.3) is 0 Å². The zero-order valence-electron chi connectivity index (χ0n) is 10.8. The average molecular weight is 361 g/mol. The smallest absolute Gasteiger partial charge is 0.142 e. The van der Waals surface area contributed by atoms with Crippen LogP contribution in [-0.2, 0) is 6.42 Å². The fourth-order valence-corrected chi connectivity index (χ4v) is 2.94. The van der Waals surface area contributed by atoms with Crippen LogP contribution >= 0.6 is 27.5 Å². The van der Waals surface area contributed by atoms with E-state index in [0.717, 1.165) is 0 Å². The second-order valence-electron chi connectivity index (χ2n) is 4.39. The minimum absolute atomic E-state index is 0.0835. The van der Waals surface area contributed by atoms with Crippen LogP contribution in [0.4, 0.5) is 8.78 Å². The summed E-state index contributed by atoms with van der Waals surface area (Å²) in [5.74, 6) is -0.780. The van der Waals surface area contributed by atoms with Crippen molar-refractivity contribution in [2.45, 2.75) is 12.5 Å². The number of benzene rings is 2. The number of likely N-dealkylation sites (N-methyl/N-ethyl adjacent to an activating group) is 1. The number of halogens is 4. The second kappa shape index (κ2) is 6.66. The van der Waals surface area contributed by atoms with Crippen molar-refractivity contribution in [2.24, 2.45) is 0 Å². The predicted molar refractivity (Wildman–Crippen MR) is 81.0 cm³/mol. The Labute approximate surface area is 130 Å². The standard InChI is InChI=1S/C15H13BrClF2N/c1-20-13(14-10(16)5-3-6-11(14)18)8-9-4-2-7-12(19)15(9)17/h2-7,13,20H,8H2,1H3. The molecule has 1 atom stereocenters. The summed E-state index contributed by atoms with van der Waals surface area (Å²) in [5, 5.41) is 3.13. The Morgan fingerprint density at radius 2 is 1.80 bits per heavy atom. The van der Waals surface area contributed by atoms with Gasteiger partial charge in [0.2, 0.25) is 0 Å². The highest BCUT2D eigenvalue weighted by atomic mass is 79.9. The molecule has 5 heteroatoms. The Balaban J connectivity index is 2.37. The van der Waals surface area contributed by atoms with E-state index >= 15 is 0 Å². The lowest BCUT2D eigenvalue weighted by atomic mass is 9.98. The molecule has 0 aliphatic rings. The first-order valence-electron chi connectivity index (χ1n) is 6.08. The van der Waals surface area contributed by atoms with E-state index in [1.807, 2.05) is 0 Å². The van der Waals surface area contributed by atoms with Gasteiger partial charge < -0.3 is 5.32 Å². The van der Waals surface area contributed by atoms with Gasteiger partial charge >= 0.3 is 0 Å². The van der Waals surface area contributed by atoms with Gasteiger partial charge in [-0.25, -0.2) is 8.78 Å². The molecule has 0 saturated heterocycles.